The minimum absolute atomic E-state index is 1.00. The van der Waals surface area contributed by atoms with Crippen LogP contribution in [0.1, 0.15) is 0 Å². The summed E-state index contributed by atoms with van der Waals surface area (Å²) in [5.41, 5.74) is 35.7. The minimum atomic E-state index is 1.00. The quantitative estimate of drug-likeness (QED) is 0.151. The molecule has 4 aliphatic carbocycles. The van der Waals surface area contributed by atoms with E-state index in [0.717, 1.165) is 11.4 Å². The fraction of sp³-hybridized carbons (Fsp3) is 0. The molecule has 0 spiro atoms. The topological polar surface area (TPSA) is 12.9 Å². The molecule has 0 N–H and O–H groups in total. The molecule has 0 saturated carbocycles. The maximum atomic E-state index is 5.57. The highest BCUT2D eigenvalue weighted by molar-refractivity contribution is 6.34. The Morgan fingerprint density at radius 2 is 0.268 bits per heavy atom. The third kappa shape index (κ3) is 8.43. The van der Waals surface area contributed by atoms with E-state index >= 15 is 0 Å². The maximum Gasteiger partial charge on any atom is 0.0722 e. The monoisotopic (exact) mass is 1410 g/mol. The van der Waals surface area contributed by atoms with E-state index in [-0.39, 0.29) is 0 Å². The summed E-state index contributed by atoms with van der Waals surface area (Å²) in [6, 6.07) is 142. The SMILES string of the molecule is c1cc(-c2c3ccccc3c3c4c(cccc24)-c2ccccc2-3)nc(-c2c3ccccc3c3c4c(cccc24)-c2ccccc2-3)c1.c1ccc2c(c1)-c1cccc3c(-c4ccc(-c5c6ccccc6c(-c6ccc(-c7c8ccccc8c8c9c(cccc79)-c7ccccc7-8)cc6)c6ccccc56)cc4)c4ccccc4c-2c13. The van der Waals surface area contributed by atoms with Gasteiger partial charge in [0.25, 0.3) is 0 Å². The van der Waals surface area contributed by atoms with Gasteiger partial charge in [-0.15, -0.1) is 0 Å². The molecule has 0 bridgehead atoms. The van der Waals surface area contributed by atoms with Gasteiger partial charge >= 0.3 is 0 Å². The van der Waals surface area contributed by atoms with Crippen LogP contribution in [0.25, 0.3) is 264 Å². The van der Waals surface area contributed by atoms with Gasteiger partial charge in [0.2, 0.25) is 0 Å². The molecular weight excluding hydrogens is 1350 g/mol. The predicted molar refractivity (Wildman–Crippen MR) is 476 cm³/mol. The van der Waals surface area contributed by atoms with E-state index in [9.17, 15) is 0 Å². The van der Waals surface area contributed by atoms with Crippen molar-refractivity contribution in [2.24, 2.45) is 0 Å². The van der Waals surface area contributed by atoms with Crippen molar-refractivity contribution in [3.63, 3.8) is 0 Å². The Balaban J connectivity index is 0.000000135. The molecule has 0 saturated heterocycles. The highest BCUT2D eigenvalue weighted by atomic mass is 14.7. The van der Waals surface area contributed by atoms with Crippen LogP contribution < -0.4 is 0 Å². The number of hydrogen-bond donors (Lipinski definition) is 0. The van der Waals surface area contributed by atoms with E-state index in [1.165, 1.54) is 252 Å². The Hall–Kier alpha value is -14.6. The number of benzene rings is 21. The molecule has 1 heteroatoms. The average molecular weight is 1410 g/mol. The molecular formula is C111H63N. The van der Waals surface area contributed by atoms with Crippen LogP contribution in [0.4, 0.5) is 0 Å². The summed E-state index contributed by atoms with van der Waals surface area (Å²) in [6.45, 7) is 0. The van der Waals surface area contributed by atoms with Crippen LogP contribution in [0.2, 0.25) is 0 Å². The molecule has 0 amide bonds. The summed E-state index contributed by atoms with van der Waals surface area (Å²) in [7, 11) is 0. The molecule has 512 valence electrons. The molecule has 1 heterocycles. The summed E-state index contributed by atoms with van der Waals surface area (Å²) < 4.78 is 0. The van der Waals surface area contributed by atoms with E-state index in [0.29, 0.717) is 0 Å². The van der Waals surface area contributed by atoms with Crippen molar-refractivity contribution >= 4 is 108 Å². The van der Waals surface area contributed by atoms with Crippen LogP contribution in [0.5, 0.6) is 0 Å². The molecule has 0 fully saturated rings. The second kappa shape index (κ2) is 23.4. The molecule has 0 atom stereocenters. The van der Waals surface area contributed by atoms with Crippen molar-refractivity contribution in [3.05, 3.63) is 382 Å². The molecule has 1 nitrogen and oxygen atoms in total. The first kappa shape index (κ1) is 61.4. The zero-order valence-electron chi connectivity index (χ0n) is 60.8. The maximum absolute atomic E-state index is 5.57. The third-order valence-electron chi connectivity index (χ3n) is 25.3. The largest absolute Gasteiger partial charge is 0.248 e. The zero-order chi connectivity index (χ0) is 73.0. The summed E-state index contributed by atoms with van der Waals surface area (Å²) in [5.74, 6) is 0. The first-order chi connectivity index (χ1) is 55.7. The highest BCUT2D eigenvalue weighted by Crippen LogP contribution is 2.59. The van der Waals surface area contributed by atoms with Crippen LogP contribution in [0, 0.1) is 0 Å². The molecule has 21 aromatic carbocycles. The smallest absolute Gasteiger partial charge is 0.0722 e. The van der Waals surface area contributed by atoms with Crippen LogP contribution in [-0.4, -0.2) is 4.98 Å². The van der Waals surface area contributed by atoms with Gasteiger partial charge in [0.15, 0.2) is 0 Å². The molecule has 4 aliphatic rings. The summed E-state index contributed by atoms with van der Waals surface area (Å²) in [6.07, 6.45) is 0. The Morgan fingerprint density at radius 1 is 0.107 bits per heavy atom. The summed E-state index contributed by atoms with van der Waals surface area (Å²) in [5, 5.41) is 25.8. The van der Waals surface area contributed by atoms with Crippen molar-refractivity contribution in [2.75, 3.05) is 0 Å². The fourth-order valence-electron chi connectivity index (χ4n) is 20.9. The van der Waals surface area contributed by atoms with Gasteiger partial charge in [-0.3, -0.25) is 0 Å². The van der Waals surface area contributed by atoms with E-state index in [4.69, 9.17) is 4.98 Å². The van der Waals surface area contributed by atoms with Gasteiger partial charge in [0.1, 0.15) is 0 Å². The number of pyridine rings is 1. The number of rotatable bonds is 6. The molecule has 0 aliphatic heterocycles. The van der Waals surface area contributed by atoms with E-state index in [1.54, 1.807) is 0 Å². The second-order valence-corrected chi connectivity index (χ2v) is 30.7. The molecule has 26 rings (SSSR count). The van der Waals surface area contributed by atoms with Crippen LogP contribution in [-0.2, 0) is 0 Å². The minimum Gasteiger partial charge on any atom is -0.248 e. The third-order valence-corrected chi connectivity index (χ3v) is 25.3. The number of fused-ring (bicyclic) bond motifs is 22. The van der Waals surface area contributed by atoms with Gasteiger partial charge in [0, 0.05) is 11.1 Å². The van der Waals surface area contributed by atoms with Gasteiger partial charge in [-0.25, -0.2) is 4.98 Å². The number of aromatic nitrogens is 1. The summed E-state index contributed by atoms with van der Waals surface area (Å²) >= 11 is 0. The normalized spacial score (nSPS) is 12.3. The van der Waals surface area contributed by atoms with E-state index < -0.39 is 0 Å². The van der Waals surface area contributed by atoms with Gasteiger partial charge in [-0.1, -0.05) is 370 Å². The van der Waals surface area contributed by atoms with Crippen molar-refractivity contribution in [1.82, 2.24) is 4.98 Å². The fourth-order valence-corrected chi connectivity index (χ4v) is 20.9. The first-order valence-electron chi connectivity index (χ1n) is 39.1. The van der Waals surface area contributed by atoms with Crippen LogP contribution >= 0.6 is 0 Å². The van der Waals surface area contributed by atoms with Gasteiger partial charge in [0.05, 0.1) is 11.4 Å². The lowest BCUT2D eigenvalue weighted by Crippen LogP contribution is -1.94. The molecule has 0 radical (unpaired) electrons. The Bertz CT molecular complexity index is 7450. The van der Waals surface area contributed by atoms with Crippen molar-refractivity contribution in [1.29, 1.82) is 0 Å². The van der Waals surface area contributed by atoms with Gasteiger partial charge in [-0.2, -0.15) is 0 Å². The Morgan fingerprint density at radius 3 is 0.509 bits per heavy atom. The first-order valence-corrected chi connectivity index (χ1v) is 39.1. The van der Waals surface area contributed by atoms with Gasteiger partial charge < -0.3 is 0 Å². The lowest BCUT2D eigenvalue weighted by molar-refractivity contribution is 1.34. The molecule has 0 unspecified atom stereocenters. The average Bonchev–Trinajstić information content (AvgIpc) is 1.55. The number of nitrogens with zero attached hydrogens (tertiary/aromatic N) is 1. The predicted octanol–water partition coefficient (Wildman–Crippen LogP) is 30.9. The Kier molecular flexibility index (Phi) is 12.8. The van der Waals surface area contributed by atoms with Crippen LogP contribution in [0.3, 0.4) is 0 Å². The van der Waals surface area contributed by atoms with Crippen molar-refractivity contribution in [2.45, 2.75) is 0 Å². The van der Waals surface area contributed by atoms with E-state index in [2.05, 4.69) is 382 Å². The van der Waals surface area contributed by atoms with Gasteiger partial charge in [-0.05, 0) is 253 Å². The lowest BCUT2D eigenvalue weighted by atomic mass is 9.84. The van der Waals surface area contributed by atoms with E-state index in [1.807, 2.05) is 0 Å². The molecule has 22 aromatic rings. The zero-order valence-corrected chi connectivity index (χ0v) is 60.8. The number of hydrogen-bond acceptors (Lipinski definition) is 1. The van der Waals surface area contributed by atoms with Crippen LogP contribution in [0.15, 0.2) is 382 Å². The standard InChI is InChI=1S/C66H38.C45H25N/c1-3-17-45-43(15-1)47-27-13-29-57-61(53-23-9-11-25-55(53)63(45)65(47)57)41-35-31-39(32-36-41)59-49-19-5-7-21-51(49)60(52-22-8-6-20-50(52)59)40-33-37-42(38-34-40)62-54-24-10-12-26-56(54)64-46-18-4-2-16-44(46)48-28-14-30-58(62)66(48)64;1-3-14-28-26(12-1)30-20-9-22-36-40(32-16-5-7-18-34(32)42(28)44(30)36)38-24-11-25-39(46-38)41-33-17-6-8-19-35(33)43-29-15-4-2-13-27(29)31-21-10-23-37(41)45(31)43/h1-38H;1-25H. The second-order valence-electron chi connectivity index (χ2n) is 30.7. The lowest BCUT2D eigenvalue weighted by Gasteiger charge is -2.19. The summed E-state index contributed by atoms with van der Waals surface area (Å²) in [4.78, 5) is 5.57. The molecule has 112 heavy (non-hydrogen) atoms. The van der Waals surface area contributed by atoms with Crippen molar-refractivity contribution < 1.29 is 0 Å². The Labute approximate surface area is 646 Å². The van der Waals surface area contributed by atoms with Crippen molar-refractivity contribution in [3.8, 4) is 156 Å². The molecule has 1 aromatic heterocycles. The highest BCUT2D eigenvalue weighted by Gasteiger charge is 2.32.